The molecule has 1 aromatic rings. The van der Waals surface area contributed by atoms with Crippen LogP contribution >= 0.6 is 31.9 Å². The maximum absolute atomic E-state index is 10.5. The van der Waals surface area contributed by atoms with Crippen molar-refractivity contribution in [2.45, 2.75) is 37.8 Å². The lowest BCUT2D eigenvalue weighted by atomic mass is 9.91. The number of phenolic OH excluding ortho intramolecular Hbond substituents is 1. The van der Waals surface area contributed by atoms with Crippen molar-refractivity contribution in [3.8, 4) is 11.5 Å². The van der Waals surface area contributed by atoms with Gasteiger partial charge in [-0.25, -0.2) is 0 Å². The molecule has 0 bridgehead atoms. The molecule has 0 heterocycles. The lowest BCUT2D eigenvalue weighted by Crippen LogP contribution is -2.32. The normalized spacial score (nSPS) is 19.1. The van der Waals surface area contributed by atoms with Crippen LogP contribution in [0.3, 0.4) is 0 Å². The summed E-state index contributed by atoms with van der Waals surface area (Å²) in [5, 5.41) is 20.4. The fourth-order valence-corrected chi connectivity index (χ4v) is 3.78. The fourth-order valence-electron chi connectivity index (χ4n) is 2.79. The Morgan fingerprint density at radius 1 is 1.30 bits per heavy atom. The molecule has 20 heavy (non-hydrogen) atoms. The Morgan fingerprint density at radius 2 is 1.90 bits per heavy atom. The maximum atomic E-state index is 10.5. The summed E-state index contributed by atoms with van der Waals surface area (Å²) in [4.78, 5) is 0. The molecule has 112 valence electrons. The van der Waals surface area contributed by atoms with Crippen molar-refractivity contribution < 1.29 is 14.9 Å². The predicted octanol–water partition coefficient (Wildman–Crippen LogP) is 3.48. The first kappa shape index (κ1) is 16.1. The standard InChI is InChI=1S/C14H19Br2NO3/c1-20-9-6-8(10(15)11(16)14(9)19)12(17)13(18)7-4-2-3-5-7/h6-7,12-13,18-19H,2-5,17H2,1H3/t12-,13+/m0/s1. The lowest BCUT2D eigenvalue weighted by molar-refractivity contribution is 0.0841. The molecule has 2 atom stereocenters. The topological polar surface area (TPSA) is 75.7 Å². The Morgan fingerprint density at radius 3 is 2.45 bits per heavy atom. The quantitative estimate of drug-likeness (QED) is 0.712. The first-order valence-corrected chi connectivity index (χ1v) is 8.24. The van der Waals surface area contributed by atoms with Gasteiger partial charge in [-0.15, -0.1) is 0 Å². The van der Waals surface area contributed by atoms with Crippen LogP contribution in [0.5, 0.6) is 11.5 Å². The summed E-state index contributed by atoms with van der Waals surface area (Å²) < 4.78 is 6.28. The molecule has 4 N–H and O–H groups in total. The summed E-state index contributed by atoms with van der Waals surface area (Å²) in [6, 6.07) is 1.16. The summed E-state index contributed by atoms with van der Waals surface area (Å²) in [6.07, 6.45) is 3.75. The van der Waals surface area contributed by atoms with E-state index in [1.807, 2.05) is 0 Å². The van der Waals surface area contributed by atoms with Crippen LogP contribution in [0, 0.1) is 5.92 Å². The van der Waals surface area contributed by atoms with Gasteiger partial charge in [-0.05, 0) is 62.2 Å². The molecular formula is C14H19Br2NO3. The second-order valence-electron chi connectivity index (χ2n) is 5.21. The van der Waals surface area contributed by atoms with Crippen LogP contribution in [0.2, 0.25) is 0 Å². The maximum Gasteiger partial charge on any atom is 0.173 e. The van der Waals surface area contributed by atoms with E-state index in [1.165, 1.54) is 7.11 Å². The third-order valence-electron chi connectivity index (χ3n) is 4.00. The molecule has 0 aliphatic heterocycles. The van der Waals surface area contributed by atoms with Gasteiger partial charge in [0.05, 0.1) is 23.7 Å². The van der Waals surface area contributed by atoms with Gasteiger partial charge in [-0.1, -0.05) is 12.8 Å². The van der Waals surface area contributed by atoms with Gasteiger partial charge in [0, 0.05) is 4.47 Å². The van der Waals surface area contributed by atoms with E-state index in [0.29, 0.717) is 14.7 Å². The van der Waals surface area contributed by atoms with E-state index in [0.717, 1.165) is 31.2 Å². The predicted molar refractivity (Wildman–Crippen MR) is 85.0 cm³/mol. The third-order valence-corrected chi connectivity index (χ3v) is 6.16. The van der Waals surface area contributed by atoms with Crippen molar-refractivity contribution in [3.05, 3.63) is 20.6 Å². The number of hydrogen-bond donors (Lipinski definition) is 3. The number of aromatic hydroxyl groups is 1. The van der Waals surface area contributed by atoms with Crippen molar-refractivity contribution in [2.75, 3.05) is 7.11 Å². The molecule has 2 rings (SSSR count). The average molecular weight is 409 g/mol. The summed E-state index contributed by atoms with van der Waals surface area (Å²) in [5.74, 6) is 0.602. The number of ether oxygens (including phenoxy) is 1. The molecule has 0 amide bonds. The number of nitrogens with two attached hydrogens (primary N) is 1. The zero-order valence-electron chi connectivity index (χ0n) is 11.3. The van der Waals surface area contributed by atoms with Gasteiger partial charge in [0.25, 0.3) is 0 Å². The van der Waals surface area contributed by atoms with Crippen LogP contribution in [-0.2, 0) is 0 Å². The zero-order valence-corrected chi connectivity index (χ0v) is 14.4. The largest absolute Gasteiger partial charge is 0.503 e. The van der Waals surface area contributed by atoms with Crippen molar-refractivity contribution in [2.24, 2.45) is 11.7 Å². The van der Waals surface area contributed by atoms with E-state index in [1.54, 1.807) is 6.07 Å². The summed E-state index contributed by atoms with van der Waals surface area (Å²) >= 11 is 6.73. The molecule has 0 radical (unpaired) electrons. The minimum absolute atomic E-state index is 0.0191. The van der Waals surface area contributed by atoms with Gasteiger partial charge >= 0.3 is 0 Å². The zero-order chi connectivity index (χ0) is 14.9. The van der Waals surface area contributed by atoms with Crippen molar-refractivity contribution in [3.63, 3.8) is 0 Å². The van der Waals surface area contributed by atoms with E-state index < -0.39 is 12.1 Å². The second-order valence-corrected chi connectivity index (χ2v) is 6.79. The van der Waals surface area contributed by atoms with Gasteiger partial charge < -0.3 is 20.7 Å². The third kappa shape index (κ3) is 2.98. The van der Waals surface area contributed by atoms with Crippen LogP contribution in [0.4, 0.5) is 0 Å². The Labute approximate surface area is 135 Å². The van der Waals surface area contributed by atoms with E-state index in [4.69, 9.17) is 10.5 Å². The van der Waals surface area contributed by atoms with E-state index in [-0.39, 0.29) is 11.7 Å². The Kier molecular flexibility index (Phi) is 5.34. The van der Waals surface area contributed by atoms with Crippen LogP contribution in [0.1, 0.15) is 37.3 Å². The Bertz CT molecular complexity index is 490. The molecular weight excluding hydrogens is 390 g/mol. The molecule has 0 spiro atoms. The van der Waals surface area contributed by atoms with Gasteiger partial charge in [0.15, 0.2) is 11.5 Å². The average Bonchev–Trinajstić information content (AvgIpc) is 2.98. The minimum Gasteiger partial charge on any atom is -0.503 e. The number of aliphatic hydroxyl groups is 1. The number of benzene rings is 1. The molecule has 1 aliphatic carbocycles. The highest BCUT2D eigenvalue weighted by atomic mass is 79.9. The molecule has 1 fully saturated rings. The Hall–Kier alpha value is -0.300. The summed E-state index contributed by atoms with van der Waals surface area (Å²) in [7, 11) is 1.48. The Balaban J connectivity index is 2.33. The molecule has 1 saturated carbocycles. The van der Waals surface area contributed by atoms with Crippen LogP contribution in [-0.4, -0.2) is 23.4 Å². The van der Waals surface area contributed by atoms with Gasteiger partial charge in [-0.2, -0.15) is 0 Å². The van der Waals surface area contributed by atoms with Crippen LogP contribution < -0.4 is 10.5 Å². The second kappa shape index (κ2) is 6.64. The first-order valence-electron chi connectivity index (χ1n) is 6.65. The smallest absolute Gasteiger partial charge is 0.173 e. The summed E-state index contributed by atoms with van der Waals surface area (Å²) in [6.45, 7) is 0. The first-order chi connectivity index (χ1) is 9.47. The van der Waals surface area contributed by atoms with Gasteiger partial charge in [0.2, 0.25) is 0 Å². The number of phenols is 1. The van der Waals surface area contributed by atoms with E-state index in [2.05, 4.69) is 31.9 Å². The number of aliphatic hydroxyl groups excluding tert-OH is 1. The van der Waals surface area contributed by atoms with Crippen LogP contribution in [0.25, 0.3) is 0 Å². The fraction of sp³-hybridized carbons (Fsp3) is 0.571. The van der Waals surface area contributed by atoms with E-state index >= 15 is 0 Å². The molecule has 0 aromatic heterocycles. The molecule has 0 unspecified atom stereocenters. The number of halogens is 2. The van der Waals surface area contributed by atoms with Crippen LogP contribution in [0.15, 0.2) is 15.0 Å². The molecule has 1 aromatic carbocycles. The molecule has 6 heteroatoms. The van der Waals surface area contributed by atoms with Crippen molar-refractivity contribution in [1.82, 2.24) is 0 Å². The van der Waals surface area contributed by atoms with Crippen molar-refractivity contribution >= 4 is 31.9 Å². The highest BCUT2D eigenvalue weighted by Gasteiger charge is 2.31. The highest BCUT2D eigenvalue weighted by molar-refractivity contribution is 9.13. The van der Waals surface area contributed by atoms with Gasteiger partial charge in [-0.3, -0.25) is 0 Å². The number of rotatable bonds is 4. The highest BCUT2D eigenvalue weighted by Crippen LogP contribution is 2.44. The summed E-state index contributed by atoms with van der Waals surface area (Å²) in [5.41, 5.74) is 6.95. The van der Waals surface area contributed by atoms with E-state index in [9.17, 15) is 10.2 Å². The SMILES string of the molecule is COc1cc([C@H](N)[C@H](O)C2CCCC2)c(Br)c(Br)c1O. The lowest BCUT2D eigenvalue weighted by Gasteiger charge is -2.26. The number of methoxy groups -OCH3 is 1. The molecule has 4 nitrogen and oxygen atoms in total. The molecule has 0 saturated heterocycles. The monoisotopic (exact) mass is 407 g/mol. The number of hydrogen-bond acceptors (Lipinski definition) is 4. The van der Waals surface area contributed by atoms with Gasteiger partial charge in [0.1, 0.15) is 0 Å². The molecule has 1 aliphatic rings. The minimum atomic E-state index is -0.588. The van der Waals surface area contributed by atoms with Crippen molar-refractivity contribution in [1.29, 1.82) is 0 Å².